The fraction of sp³-hybridized carbons (Fsp3) is 0.600. The van der Waals surface area contributed by atoms with Crippen LogP contribution in [-0.2, 0) is 0 Å². The average Bonchev–Trinajstić information content (AvgIpc) is 2.40. The molecule has 1 heterocycles. The Kier molecular flexibility index (Phi) is 4.59. The molecular formula is C15H23FN2. The molecule has 0 atom stereocenters. The van der Waals surface area contributed by atoms with Crippen LogP contribution in [0.4, 0.5) is 10.1 Å². The van der Waals surface area contributed by atoms with Crippen molar-refractivity contribution in [2.45, 2.75) is 39.2 Å². The number of rotatable bonds is 4. The summed E-state index contributed by atoms with van der Waals surface area (Å²) in [5.74, 6) is -0.0967. The summed E-state index contributed by atoms with van der Waals surface area (Å²) < 4.78 is 13.8. The van der Waals surface area contributed by atoms with E-state index in [-0.39, 0.29) is 5.82 Å². The summed E-state index contributed by atoms with van der Waals surface area (Å²) in [7, 11) is 0. The summed E-state index contributed by atoms with van der Waals surface area (Å²) in [4.78, 5) is 2.17. The summed E-state index contributed by atoms with van der Waals surface area (Å²) in [6, 6.07) is 5.96. The zero-order chi connectivity index (χ0) is 13.0. The van der Waals surface area contributed by atoms with Gasteiger partial charge in [0.25, 0.3) is 0 Å². The van der Waals surface area contributed by atoms with E-state index in [1.54, 1.807) is 6.07 Å². The van der Waals surface area contributed by atoms with E-state index < -0.39 is 0 Å². The second kappa shape index (κ2) is 6.19. The topological polar surface area (TPSA) is 15.3 Å². The first-order valence-electron chi connectivity index (χ1n) is 6.95. The smallest absolute Gasteiger partial charge is 0.146 e. The van der Waals surface area contributed by atoms with Crippen molar-refractivity contribution in [3.8, 4) is 0 Å². The van der Waals surface area contributed by atoms with Crippen molar-refractivity contribution in [3.63, 3.8) is 0 Å². The van der Waals surface area contributed by atoms with E-state index in [2.05, 4.69) is 17.1 Å². The number of nitrogens with zero attached hydrogens (tertiary/aromatic N) is 1. The van der Waals surface area contributed by atoms with Gasteiger partial charge in [-0.2, -0.15) is 0 Å². The lowest BCUT2D eigenvalue weighted by molar-refractivity contribution is 0.413. The molecule has 1 aromatic rings. The quantitative estimate of drug-likeness (QED) is 0.883. The van der Waals surface area contributed by atoms with Gasteiger partial charge in [0.2, 0.25) is 0 Å². The van der Waals surface area contributed by atoms with Gasteiger partial charge in [-0.3, -0.25) is 0 Å². The molecule has 0 unspecified atom stereocenters. The molecule has 100 valence electrons. The molecule has 18 heavy (non-hydrogen) atoms. The maximum Gasteiger partial charge on any atom is 0.146 e. The summed E-state index contributed by atoms with van der Waals surface area (Å²) >= 11 is 0. The Hall–Kier alpha value is -1.09. The normalized spacial score (nSPS) is 17.2. The number of hydrogen-bond acceptors (Lipinski definition) is 2. The molecule has 1 aliphatic rings. The molecule has 1 aliphatic heterocycles. The van der Waals surface area contributed by atoms with Gasteiger partial charge < -0.3 is 10.2 Å². The highest BCUT2D eigenvalue weighted by molar-refractivity contribution is 5.50. The van der Waals surface area contributed by atoms with Crippen LogP contribution in [0, 0.1) is 12.7 Å². The Balaban J connectivity index is 1.94. The van der Waals surface area contributed by atoms with Crippen molar-refractivity contribution in [1.82, 2.24) is 5.32 Å². The van der Waals surface area contributed by atoms with E-state index in [4.69, 9.17) is 0 Å². The third-order valence-electron chi connectivity index (χ3n) is 3.62. The maximum atomic E-state index is 13.8. The monoisotopic (exact) mass is 250 g/mol. The predicted octanol–water partition coefficient (Wildman–Crippen LogP) is 3.10. The fourth-order valence-electron chi connectivity index (χ4n) is 2.54. The fourth-order valence-corrected chi connectivity index (χ4v) is 2.54. The largest absolute Gasteiger partial charge is 0.369 e. The maximum absolute atomic E-state index is 13.8. The van der Waals surface area contributed by atoms with Gasteiger partial charge in [-0.05, 0) is 50.4 Å². The number of nitrogens with one attached hydrogen (secondary N) is 1. The number of halogens is 1. The van der Waals surface area contributed by atoms with Crippen LogP contribution in [0.2, 0.25) is 0 Å². The molecule has 0 aromatic heterocycles. The molecule has 0 spiro atoms. The molecule has 0 amide bonds. The molecule has 1 N–H and O–H groups in total. The summed E-state index contributed by atoms with van der Waals surface area (Å²) in [6.07, 6.45) is 3.38. The van der Waals surface area contributed by atoms with Crippen LogP contribution in [0.25, 0.3) is 0 Å². The molecule has 2 rings (SSSR count). The zero-order valence-electron chi connectivity index (χ0n) is 11.4. The van der Waals surface area contributed by atoms with Gasteiger partial charge in [-0.15, -0.1) is 0 Å². The second-order valence-corrected chi connectivity index (χ2v) is 5.17. The Labute approximate surface area is 109 Å². The summed E-state index contributed by atoms with van der Waals surface area (Å²) in [6.45, 7) is 7.18. The van der Waals surface area contributed by atoms with Crippen molar-refractivity contribution < 1.29 is 4.39 Å². The molecule has 0 radical (unpaired) electrons. The zero-order valence-corrected chi connectivity index (χ0v) is 11.4. The molecule has 1 aromatic carbocycles. The minimum atomic E-state index is -0.0967. The summed E-state index contributed by atoms with van der Waals surface area (Å²) in [5, 5.41) is 3.55. The third kappa shape index (κ3) is 3.22. The molecule has 1 fully saturated rings. The van der Waals surface area contributed by atoms with E-state index in [1.807, 2.05) is 19.1 Å². The number of anilines is 1. The van der Waals surface area contributed by atoms with E-state index in [0.29, 0.717) is 6.04 Å². The van der Waals surface area contributed by atoms with Crippen LogP contribution in [0.15, 0.2) is 18.2 Å². The highest BCUT2D eigenvalue weighted by Crippen LogP contribution is 2.24. The molecular weight excluding hydrogens is 227 g/mol. The molecule has 0 saturated carbocycles. The van der Waals surface area contributed by atoms with Gasteiger partial charge >= 0.3 is 0 Å². The van der Waals surface area contributed by atoms with E-state index >= 15 is 0 Å². The predicted molar refractivity (Wildman–Crippen MR) is 74.7 cm³/mol. The van der Waals surface area contributed by atoms with Crippen LogP contribution in [0.5, 0.6) is 0 Å². The average molecular weight is 250 g/mol. The molecule has 2 nitrogen and oxygen atoms in total. The highest BCUT2D eigenvalue weighted by Gasteiger charge is 2.20. The van der Waals surface area contributed by atoms with Gasteiger partial charge in [-0.25, -0.2) is 4.39 Å². The van der Waals surface area contributed by atoms with Crippen LogP contribution >= 0.6 is 0 Å². The Morgan fingerprint density at radius 2 is 2.06 bits per heavy atom. The van der Waals surface area contributed by atoms with Crippen molar-refractivity contribution in [2.24, 2.45) is 0 Å². The van der Waals surface area contributed by atoms with Gasteiger partial charge in [0.05, 0.1) is 5.69 Å². The van der Waals surface area contributed by atoms with E-state index in [9.17, 15) is 4.39 Å². The summed E-state index contributed by atoms with van der Waals surface area (Å²) in [5.41, 5.74) is 1.89. The lowest BCUT2D eigenvalue weighted by Crippen LogP contribution is -2.43. The number of piperidine rings is 1. The Morgan fingerprint density at radius 3 is 2.72 bits per heavy atom. The first-order chi connectivity index (χ1) is 8.70. The van der Waals surface area contributed by atoms with Gasteiger partial charge in [0.1, 0.15) is 5.82 Å². The highest BCUT2D eigenvalue weighted by atomic mass is 19.1. The lowest BCUT2D eigenvalue weighted by atomic mass is 10.0. The third-order valence-corrected chi connectivity index (χ3v) is 3.62. The van der Waals surface area contributed by atoms with Crippen molar-refractivity contribution >= 4 is 5.69 Å². The lowest BCUT2D eigenvalue weighted by Gasteiger charge is -2.34. The van der Waals surface area contributed by atoms with Crippen molar-refractivity contribution in [3.05, 3.63) is 29.6 Å². The first-order valence-corrected chi connectivity index (χ1v) is 6.95. The number of benzene rings is 1. The second-order valence-electron chi connectivity index (χ2n) is 5.17. The van der Waals surface area contributed by atoms with E-state index in [0.717, 1.165) is 43.7 Å². The SMILES string of the molecule is CCCNC1CCN(c2cc(C)ccc2F)CC1. The standard InChI is InChI=1S/C15H23FN2/c1-3-8-17-13-6-9-18(10-7-13)15-11-12(2)4-5-14(15)16/h4-5,11,13,17H,3,6-10H2,1-2H3. The molecule has 0 bridgehead atoms. The molecule has 1 saturated heterocycles. The van der Waals surface area contributed by atoms with Crippen LogP contribution < -0.4 is 10.2 Å². The van der Waals surface area contributed by atoms with Gasteiger partial charge in [-0.1, -0.05) is 13.0 Å². The minimum Gasteiger partial charge on any atom is -0.369 e. The van der Waals surface area contributed by atoms with Crippen LogP contribution in [0.1, 0.15) is 31.7 Å². The Bertz CT molecular complexity index is 384. The van der Waals surface area contributed by atoms with Gasteiger partial charge in [0.15, 0.2) is 0 Å². The first kappa shape index (κ1) is 13.3. The van der Waals surface area contributed by atoms with Crippen LogP contribution in [-0.4, -0.2) is 25.7 Å². The number of aryl methyl sites for hydroxylation is 1. The van der Waals surface area contributed by atoms with Gasteiger partial charge in [0, 0.05) is 19.1 Å². The Morgan fingerprint density at radius 1 is 1.33 bits per heavy atom. The van der Waals surface area contributed by atoms with Crippen LogP contribution in [0.3, 0.4) is 0 Å². The van der Waals surface area contributed by atoms with E-state index in [1.165, 1.54) is 6.42 Å². The number of hydrogen-bond donors (Lipinski definition) is 1. The van der Waals surface area contributed by atoms with Crippen molar-refractivity contribution in [1.29, 1.82) is 0 Å². The van der Waals surface area contributed by atoms with Crippen molar-refractivity contribution in [2.75, 3.05) is 24.5 Å². The minimum absolute atomic E-state index is 0.0967. The molecule has 0 aliphatic carbocycles. The molecule has 3 heteroatoms.